The summed E-state index contributed by atoms with van der Waals surface area (Å²) in [7, 11) is 0. The van der Waals surface area contributed by atoms with Gasteiger partial charge < -0.3 is 5.73 Å². The topological polar surface area (TPSA) is 26.0 Å². The van der Waals surface area contributed by atoms with Crippen molar-refractivity contribution in [1.82, 2.24) is 0 Å². The highest BCUT2D eigenvalue weighted by atomic mass is 79.9. The van der Waals surface area contributed by atoms with Crippen LogP contribution in [0.1, 0.15) is 29.3 Å². The van der Waals surface area contributed by atoms with Gasteiger partial charge in [0.05, 0.1) is 3.79 Å². The third-order valence-corrected chi connectivity index (χ3v) is 4.57. The van der Waals surface area contributed by atoms with E-state index in [-0.39, 0.29) is 12.4 Å². The lowest BCUT2D eigenvalue weighted by molar-refractivity contribution is 0.644. The van der Waals surface area contributed by atoms with Gasteiger partial charge >= 0.3 is 0 Å². The van der Waals surface area contributed by atoms with Crippen LogP contribution in [-0.4, -0.2) is 0 Å². The molecule has 1 aliphatic rings. The molecule has 0 radical (unpaired) electrons. The molecule has 0 saturated heterocycles. The number of nitrogens with two attached hydrogens (primary N) is 1. The molecule has 0 aromatic carbocycles. The highest BCUT2D eigenvalue weighted by Crippen LogP contribution is 2.42. The minimum absolute atomic E-state index is 0. The van der Waals surface area contributed by atoms with Crippen LogP contribution < -0.4 is 5.73 Å². The predicted molar refractivity (Wildman–Crippen MR) is 63.7 cm³/mol. The van der Waals surface area contributed by atoms with Crippen molar-refractivity contribution in [3.05, 3.63) is 20.3 Å². The summed E-state index contributed by atoms with van der Waals surface area (Å²) >= 11 is 5.30. The standard InChI is InChI=1S/C9H12BrNS.ClH/c1-5-4-7(12-9(5)10)8(11)6-2-3-6;/h4,6,8H,2-3,11H2,1H3;1H/t8-;/m0./s1. The molecule has 0 unspecified atom stereocenters. The Labute approximate surface area is 97.3 Å². The van der Waals surface area contributed by atoms with Gasteiger partial charge in [-0.25, -0.2) is 0 Å². The van der Waals surface area contributed by atoms with E-state index in [0.29, 0.717) is 6.04 Å². The first-order valence-corrected chi connectivity index (χ1v) is 5.81. The maximum absolute atomic E-state index is 6.07. The fourth-order valence-corrected chi connectivity index (χ4v) is 3.00. The van der Waals surface area contributed by atoms with Crippen molar-refractivity contribution in [2.45, 2.75) is 25.8 Å². The first-order chi connectivity index (χ1) is 5.68. The second-order valence-corrected chi connectivity index (χ2v) is 5.87. The van der Waals surface area contributed by atoms with E-state index in [1.54, 1.807) is 11.3 Å². The molecule has 1 nitrogen and oxygen atoms in total. The van der Waals surface area contributed by atoms with Gasteiger partial charge in [0.25, 0.3) is 0 Å². The molecule has 1 atom stereocenters. The number of thiophene rings is 1. The Hall–Kier alpha value is 0.430. The van der Waals surface area contributed by atoms with Crippen LogP contribution in [0.2, 0.25) is 0 Å². The average Bonchev–Trinajstić information content (AvgIpc) is 2.80. The summed E-state index contributed by atoms with van der Waals surface area (Å²) in [6.07, 6.45) is 2.63. The van der Waals surface area contributed by atoms with E-state index in [1.807, 2.05) is 0 Å². The van der Waals surface area contributed by atoms with Gasteiger partial charge in [-0.3, -0.25) is 0 Å². The maximum Gasteiger partial charge on any atom is 0.0731 e. The fourth-order valence-electron chi connectivity index (χ4n) is 1.34. The molecule has 0 amide bonds. The van der Waals surface area contributed by atoms with Crippen LogP contribution in [0.3, 0.4) is 0 Å². The van der Waals surface area contributed by atoms with Crippen LogP contribution in [0.4, 0.5) is 0 Å². The molecule has 1 aliphatic carbocycles. The molecule has 1 saturated carbocycles. The third-order valence-electron chi connectivity index (χ3n) is 2.33. The van der Waals surface area contributed by atoms with Gasteiger partial charge in [-0.15, -0.1) is 23.7 Å². The number of aryl methyl sites for hydroxylation is 1. The molecule has 4 heteroatoms. The molecular weight excluding hydrogens is 270 g/mol. The second kappa shape index (κ2) is 4.30. The number of hydrogen-bond donors (Lipinski definition) is 1. The summed E-state index contributed by atoms with van der Waals surface area (Å²) < 4.78 is 1.23. The van der Waals surface area contributed by atoms with Crippen molar-refractivity contribution < 1.29 is 0 Å². The van der Waals surface area contributed by atoms with Crippen LogP contribution in [-0.2, 0) is 0 Å². The normalized spacial score (nSPS) is 18.1. The molecule has 1 aromatic heterocycles. The van der Waals surface area contributed by atoms with Crippen LogP contribution in [0.5, 0.6) is 0 Å². The van der Waals surface area contributed by atoms with E-state index in [0.717, 1.165) is 5.92 Å². The van der Waals surface area contributed by atoms with Crippen molar-refractivity contribution in [3.63, 3.8) is 0 Å². The zero-order valence-corrected chi connectivity index (χ0v) is 10.6. The average molecular weight is 283 g/mol. The summed E-state index contributed by atoms with van der Waals surface area (Å²) in [6, 6.07) is 2.50. The zero-order valence-electron chi connectivity index (χ0n) is 7.42. The Morgan fingerprint density at radius 1 is 1.62 bits per heavy atom. The molecule has 0 spiro atoms. The van der Waals surface area contributed by atoms with Crippen molar-refractivity contribution in [2.24, 2.45) is 11.7 Å². The fraction of sp³-hybridized carbons (Fsp3) is 0.556. The summed E-state index contributed by atoms with van der Waals surface area (Å²) in [4.78, 5) is 1.34. The Morgan fingerprint density at radius 3 is 2.62 bits per heavy atom. The minimum Gasteiger partial charge on any atom is -0.323 e. The summed E-state index contributed by atoms with van der Waals surface area (Å²) in [6.45, 7) is 2.11. The molecule has 0 aliphatic heterocycles. The lowest BCUT2D eigenvalue weighted by Crippen LogP contribution is -2.10. The highest BCUT2D eigenvalue weighted by molar-refractivity contribution is 9.11. The first kappa shape index (κ1) is 11.5. The van der Waals surface area contributed by atoms with Gasteiger partial charge in [0, 0.05) is 10.9 Å². The summed E-state index contributed by atoms with van der Waals surface area (Å²) in [5.41, 5.74) is 7.38. The monoisotopic (exact) mass is 281 g/mol. The SMILES string of the molecule is Cc1cc([C@@H](N)C2CC2)sc1Br.Cl. The van der Waals surface area contributed by atoms with Gasteiger partial charge in [-0.1, -0.05) is 0 Å². The van der Waals surface area contributed by atoms with E-state index in [2.05, 4.69) is 28.9 Å². The second-order valence-electron chi connectivity index (χ2n) is 3.47. The number of hydrogen-bond acceptors (Lipinski definition) is 2. The lowest BCUT2D eigenvalue weighted by atomic mass is 10.1. The number of rotatable bonds is 2. The molecular formula is C9H13BrClNS. The molecule has 2 N–H and O–H groups in total. The zero-order chi connectivity index (χ0) is 8.72. The van der Waals surface area contributed by atoms with Crippen molar-refractivity contribution in [1.29, 1.82) is 0 Å². The molecule has 1 heterocycles. The number of halogens is 2. The minimum atomic E-state index is 0. The molecule has 0 bridgehead atoms. The highest BCUT2D eigenvalue weighted by Gasteiger charge is 2.30. The first-order valence-electron chi connectivity index (χ1n) is 4.20. The van der Waals surface area contributed by atoms with Crippen LogP contribution in [0.25, 0.3) is 0 Å². The van der Waals surface area contributed by atoms with Gasteiger partial charge in [-0.2, -0.15) is 0 Å². The summed E-state index contributed by atoms with van der Waals surface area (Å²) in [5.74, 6) is 0.759. The molecule has 1 aromatic rings. The van der Waals surface area contributed by atoms with Gasteiger partial charge in [0.1, 0.15) is 0 Å². The van der Waals surface area contributed by atoms with Crippen LogP contribution >= 0.6 is 39.7 Å². The predicted octanol–water partition coefficient (Wildman–Crippen LogP) is 3.65. The van der Waals surface area contributed by atoms with Crippen LogP contribution in [0.15, 0.2) is 9.85 Å². The van der Waals surface area contributed by atoms with Crippen molar-refractivity contribution in [2.75, 3.05) is 0 Å². The van der Waals surface area contributed by atoms with E-state index < -0.39 is 0 Å². The Bertz CT molecular complexity index is 276. The summed E-state index contributed by atoms with van der Waals surface area (Å²) in [5, 5.41) is 0. The van der Waals surface area contributed by atoms with E-state index >= 15 is 0 Å². The quantitative estimate of drug-likeness (QED) is 0.880. The molecule has 74 valence electrons. The maximum atomic E-state index is 6.07. The van der Waals surface area contributed by atoms with Gasteiger partial charge in [0.15, 0.2) is 0 Å². The molecule has 13 heavy (non-hydrogen) atoms. The van der Waals surface area contributed by atoms with E-state index in [4.69, 9.17) is 5.73 Å². The van der Waals surface area contributed by atoms with Gasteiger partial charge in [-0.05, 0) is 53.2 Å². The lowest BCUT2D eigenvalue weighted by Gasteiger charge is -2.05. The Morgan fingerprint density at radius 2 is 2.23 bits per heavy atom. The Kier molecular flexibility index (Phi) is 3.81. The largest absolute Gasteiger partial charge is 0.323 e. The van der Waals surface area contributed by atoms with Crippen molar-refractivity contribution in [3.8, 4) is 0 Å². The van der Waals surface area contributed by atoms with E-state index in [1.165, 1.54) is 27.1 Å². The van der Waals surface area contributed by atoms with Crippen LogP contribution in [0, 0.1) is 12.8 Å². The Balaban J connectivity index is 0.000000845. The van der Waals surface area contributed by atoms with Gasteiger partial charge in [0.2, 0.25) is 0 Å². The van der Waals surface area contributed by atoms with E-state index in [9.17, 15) is 0 Å². The van der Waals surface area contributed by atoms with Crippen molar-refractivity contribution >= 4 is 39.7 Å². The molecule has 1 fully saturated rings. The smallest absolute Gasteiger partial charge is 0.0731 e. The molecule has 2 rings (SSSR count). The third kappa shape index (κ3) is 2.46.